The Morgan fingerprint density at radius 1 is 0.828 bits per heavy atom. The van der Waals surface area contributed by atoms with Crippen LogP contribution in [0.3, 0.4) is 0 Å². The maximum atomic E-state index is 11.5. The number of morpholine rings is 1. The number of hydrogen-bond donors (Lipinski definition) is 4. The van der Waals surface area contributed by atoms with Crippen molar-refractivity contribution < 1.29 is 28.3 Å². The Balaban J connectivity index is 0.000000198. The number of hydrogen-bond acceptors (Lipinski definition) is 18. The molecule has 0 aliphatic carbocycles. The zero-order valence-electron chi connectivity index (χ0n) is 35.0. The number of halogens is 1. The average molecular weight is 885 g/mol. The van der Waals surface area contributed by atoms with Crippen molar-refractivity contribution in [2.75, 3.05) is 69.2 Å². The molecule has 4 heterocycles. The van der Waals surface area contributed by atoms with Crippen LogP contribution in [0.5, 0.6) is 5.75 Å². The molecule has 7 aromatic rings. The van der Waals surface area contributed by atoms with Crippen LogP contribution in [0, 0.1) is 0 Å². The fourth-order valence-electron chi connectivity index (χ4n) is 6.35. The van der Waals surface area contributed by atoms with Crippen molar-refractivity contribution in [1.82, 2.24) is 35.0 Å². The molecule has 0 bridgehead atoms. The quantitative estimate of drug-likeness (QED) is 0.0453. The van der Waals surface area contributed by atoms with Gasteiger partial charge in [0.15, 0.2) is 0 Å². The maximum Gasteiger partial charge on any atom is 0.337 e. The number of anilines is 6. The topological polar surface area (TPSA) is 236 Å². The molecular weight excluding hydrogens is 840 g/mol. The van der Waals surface area contributed by atoms with Gasteiger partial charge in [-0.1, -0.05) is 71.4 Å². The molecular formula is C45H45ClN12O6. The third kappa shape index (κ3) is 11.8. The number of oxime groups is 1. The Labute approximate surface area is 373 Å². The first-order valence-electron chi connectivity index (χ1n) is 20.0. The van der Waals surface area contributed by atoms with Crippen LogP contribution in [-0.2, 0) is 27.3 Å². The van der Waals surface area contributed by atoms with Crippen LogP contribution >= 0.6 is 11.6 Å². The van der Waals surface area contributed by atoms with E-state index in [2.05, 4.69) is 50.8 Å². The van der Waals surface area contributed by atoms with Crippen LogP contribution in [-0.4, -0.2) is 94.3 Å². The van der Waals surface area contributed by atoms with E-state index < -0.39 is 0 Å². The number of benzene rings is 4. The molecule has 0 radical (unpaired) electrons. The summed E-state index contributed by atoms with van der Waals surface area (Å²) in [4.78, 5) is 35.1. The van der Waals surface area contributed by atoms with Gasteiger partial charge in [0.1, 0.15) is 61.0 Å². The van der Waals surface area contributed by atoms with Crippen molar-refractivity contribution >= 4 is 58.4 Å². The third-order valence-corrected chi connectivity index (χ3v) is 10.0. The third-order valence-electron chi connectivity index (χ3n) is 9.72. The van der Waals surface area contributed by atoms with Gasteiger partial charge >= 0.3 is 5.97 Å². The fraction of sp³-hybridized carbons (Fsp3) is 0.200. The SMILES string of the molecule is CO/N=C/c1c(N)ncnc1Nc1ccc(-c2ccc(C(=O)OC)cc2)cc1.Nc1ncnc(Nc2ccc(OCc3ccccc3)c(Cl)c2)c1-c1nnc(CCN2CCOCC2)o1. The summed E-state index contributed by atoms with van der Waals surface area (Å²) in [5, 5.41) is 19.0. The first kappa shape index (κ1) is 44.4. The van der Waals surface area contributed by atoms with Gasteiger partial charge in [0.25, 0.3) is 5.89 Å². The molecule has 19 heteroatoms. The number of aromatic nitrogens is 6. The van der Waals surface area contributed by atoms with E-state index in [9.17, 15) is 4.79 Å². The molecule has 0 spiro atoms. The summed E-state index contributed by atoms with van der Waals surface area (Å²) in [6.45, 7) is 4.51. The predicted octanol–water partition coefficient (Wildman–Crippen LogP) is 7.20. The minimum Gasteiger partial charge on any atom is -0.487 e. The number of nitrogen functional groups attached to an aromatic ring is 2. The van der Waals surface area contributed by atoms with Crippen LogP contribution in [0.15, 0.2) is 119 Å². The van der Waals surface area contributed by atoms with Crippen molar-refractivity contribution in [3.8, 4) is 28.3 Å². The molecule has 328 valence electrons. The van der Waals surface area contributed by atoms with Gasteiger partial charge in [-0.05, 0) is 59.2 Å². The van der Waals surface area contributed by atoms with Crippen LogP contribution in [0.1, 0.15) is 27.4 Å². The lowest BCUT2D eigenvalue weighted by atomic mass is 10.0. The number of rotatable bonds is 15. The highest BCUT2D eigenvalue weighted by molar-refractivity contribution is 6.32. The zero-order valence-corrected chi connectivity index (χ0v) is 35.7. The van der Waals surface area contributed by atoms with Gasteiger partial charge in [-0.15, -0.1) is 10.2 Å². The van der Waals surface area contributed by atoms with Crippen molar-refractivity contribution in [3.63, 3.8) is 0 Å². The van der Waals surface area contributed by atoms with E-state index in [4.69, 9.17) is 46.5 Å². The van der Waals surface area contributed by atoms with Crippen LogP contribution in [0.2, 0.25) is 5.02 Å². The summed E-state index contributed by atoms with van der Waals surface area (Å²) in [5.41, 5.74) is 18.1. The maximum absolute atomic E-state index is 11.5. The minimum atomic E-state index is -0.358. The first-order chi connectivity index (χ1) is 31.3. The summed E-state index contributed by atoms with van der Waals surface area (Å²) < 4.78 is 21.9. The van der Waals surface area contributed by atoms with Gasteiger partial charge in [-0.3, -0.25) is 4.90 Å². The summed E-state index contributed by atoms with van der Waals surface area (Å²) in [6.07, 6.45) is 4.83. The first-order valence-corrected chi connectivity index (χ1v) is 20.3. The van der Waals surface area contributed by atoms with E-state index >= 15 is 0 Å². The lowest BCUT2D eigenvalue weighted by Crippen LogP contribution is -2.37. The molecule has 64 heavy (non-hydrogen) atoms. The Morgan fingerprint density at radius 3 is 2.20 bits per heavy atom. The molecule has 4 aromatic carbocycles. The highest BCUT2D eigenvalue weighted by atomic mass is 35.5. The molecule has 6 N–H and O–H groups in total. The van der Waals surface area contributed by atoms with Crippen molar-refractivity contribution in [2.45, 2.75) is 13.0 Å². The smallest absolute Gasteiger partial charge is 0.337 e. The van der Waals surface area contributed by atoms with E-state index in [1.54, 1.807) is 24.3 Å². The molecule has 0 atom stereocenters. The number of nitrogens with zero attached hydrogens (tertiary/aromatic N) is 8. The van der Waals surface area contributed by atoms with Gasteiger partial charge in [-0.2, -0.15) is 0 Å². The lowest BCUT2D eigenvalue weighted by molar-refractivity contribution is 0.0377. The molecule has 1 fully saturated rings. The monoisotopic (exact) mass is 884 g/mol. The van der Waals surface area contributed by atoms with Gasteiger partial charge in [0.05, 0.1) is 42.7 Å². The number of nitrogens with one attached hydrogen (secondary N) is 2. The zero-order chi connectivity index (χ0) is 44.7. The van der Waals surface area contributed by atoms with Crippen molar-refractivity contribution in [1.29, 1.82) is 0 Å². The van der Waals surface area contributed by atoms with E-state index in [1.807, 2.05) is 72.8 Å². The van der Waals surface area contributed by atoms with E-state index in [1.165, 1.54) is 33.1 Å². The largest absolute Gasteiger partial charge is 0.487 e. The molecule has 0 unspecified atom stereocenters. The molecule has 1 aliphatic rings. The summed E-state index contributed by atoms with van der Waals surface area (Å²) in [7, 11) is 2.81. The number of ether oxygens (including phenoxy) is 3. The normalized spacial score (nSPS) is 12.5. The Kier molecular flexibility index (Phi) is 15.2. The number of carbonyl (C=O) groups is 1. The van der Waals surface area contributed by atoms with E-state index in [0.717, 1.165) is 55.2 Å². The summed E-state index contributed by atoms with van der Waals surface area (Å²) in [6, 6.07) is 30.3. The second-order valence-electron chi connectivity index (χ2n) is 13.9. The van der Waals surface area contributed by atoms with E-state index in [0.29, 0.717) is 69.5 Å². The average Bonchev–Trinajstić information content (AvgIpc) is 3.80. The summed E-state index contributed by atoms with van der Waals surface area (Å²) in [5.74, 6) is 2.46. The Hall–Kier alpha value is -7.67. The van der Waals surface area contributed by atoms with Crippen LogP contribution in [0.4, 0.5) is 34.6 Å². The number of nitrogens with two attached hydrogens (primary N) is 2. The van der Waals surface area contributed by atoms with E-state index in [-0.39, 0.29) is 17.7 Å². The highest BCUT2D eigenvalue weighted by Gasteiger charge is 2.20. The van der Waals surface area contributed by atoms with Gasteiger partial charge in [-0.25, -0.2) is 24.7 Å². The second kappa shape index (κ2) is 21.9. The molecule has 18 nitrogen and oxygen atoms in total. The standard InChI is InChI=1S/C25H26ClN7O3.C20H19N5O3/c26-19-14-18(6-7-20(19)35-15-17-4-2-1-3-5-17)30-24-22(23(27)28-16-29-24)25-32-31-21(36-25)8-9-33-10-12-34-13-11-33;1-27-20(26)15-5-3-13(4-6-15)14-7-9-16(10-8-14)25-19-17(11-24-28-2)18(21)22-12-23-19/h1-7,14,16H,8-13,15H2,(H3,27,28,29,30);3-12H,1-2H3,(H3,21,22,23,25)/b;24-11+. The van der Waals surface area contributed by atoms with Crippen LogP contribution in [0.25, 0.3) is 22.6 Å². The van der Waals surface area contributed by atoms with Crippen molar-refractivity contribution in [3.05, 3.63) is 137 Å². The Morgan fingerprint density at radius 2 is 1.50 bits per heavy atom. The molecule has 0 amide bonds. The number of esters is 1. The summed E-state index contributed by atoms with van der Waals surface area (Å²) >= 11 is 6.48. The fourth-order valence-corrected chi connectivity index (χ4v) is 6.58. The molecule has 0 saturated carbocycles. The van der Waals surface area contributed by atoms with Crippen LogP contribution < -0.4 is 26.8 Å². The highest BCUT2D eigenvalue weighted by Crippen LogP contribution is 2.34. The Bertz CT molecular complexity index is 2650. The van der Waals surface area contributed by atoms with Crippen molar-refractivity contribution in [2.24, 2.45) is 5.16 Å². The minimum absolute atomic E-state index is 0.227. The molecule has 3 aromatic heterocycles. The molecule has 1 saturated heterocycles. The lowest BCUT2D eigenvalue weighted by Gasteiger charge is -2.25. The molecule has 8 rings (SSSR count). The van der Waals surface area contributed by atoms with Gasteiger partial charge in [0.2, 0.25) is 5.89 Å². The number of carbonyl (C=O) groups excluding carboxylic acids is 1. The second-order valence-corrected chi connectivity index (χ2v) is 14.3. The van der Waals surface area contributed by atoms with Gasteiger partial charge < -0.3 is 45.6 Å². The van der Waals surface area contributed by atoms with Gasteiger partial charge in [0, 0.05) is 37.4 Å². The predicted molar refractivity (Wildman–Crippen MR) is 244 cm³/mol. The molecule has 1 aliphatic heterocycles. The number of methoxy groups -OCH3 is 1.